The Labute approximate surface area is 168 Å². The molecule has 0 saturated heterocycles. The van der Waals surface area contributed by atoms with Gasteiger partial charge in [0.15, 0.2) is 0 Å². The molecule has 1 aromatic heterocycles. The van der Waals surface area contributed by atoms with Crippen LogP contribution in [0.5, 0.6) is 0 Å². The molecule has 140 valence electrons. The van der Waals surface area contributed by atoms with Gasteiger partial charge in [0.05, 0.1) is 21.8 Å². The zero-order valence-electron chi connectivity index (χ0n) is 14.2. The first kappa shape index (κ1) is 18.1. The summed E-state index contributed by atoms with van der Waals surface area (Å²) in [5, 5.41) is 5.23. The van der Waals surface area contributed by atoms with Gasteiger partial charge in [0.2, 0.25) is 0 Å². The Morgan fingerprint density at radius 2 is 1.68 bits per heavy atom. The molecule has 0 unspecified atom stereocenters. The van der Waals surface area contributed by atoms with E-state index in [4.69, 9.17) is 28.0 Å². The minimum atomic E-state index is -1.06. The molecular formula is C18H10Cl2N4O4. The largest absolute Gasteiger partial charge is 0.403 e. The fraction of sp³-hybridized carbons (Fsp3) is 0.0556. The highest BCUT2D eigenvalue weighted by molar-refractivity contribution is 6.34. The third-order valence-electron chi connectivity index (χ3n) is 4.02. The van der Waals surface area contributed by atoms with Crippen molar-refractivity contribution in [2.45, 2.75) is 6.92 Å². The first-order valence-electron chi connectivity index (χ1n) is 7.96. The van der Waals surface area contributed by atoms with E-state index in [0.717, 1.165) is 0 Å². The van der Waals surface area contributed by atoms with E-state index in [0.29, 0.717) is 26.6 Å². The second-order valence-electron chi connectivity index (χ2n) is 5.82. The standard InChI is InChI=1S/C18H10Cl2N4O4/c1-9-21-15(22-23(9)14-8-10(19)6-7-13(14)20)18(27)28-24-16(25)11-4-2-3-5-12(11)17(24)26/h2-8H,1H3. The van der Waals surface area contributed by atoms with Crippen LogP contribution in [0.3, 0.4) is 0 Å². The maximum absolute atomic E-state index is 12.4. The number of amides is 2. The van der Waals surface area contributed by atoms with Crippen LogP contribution in [0.15, 0.2) is 42.5 Å². The number of hydrogen-bond acceptors (Lipinski definition) is 6. The maximum atomic E-state index is 12.4. The molecule has 0 fully saturated rings. The number of nitrogens with zero attached hydrogens (tertiary/aromatic N) is 4. The predicted molar refractivity (Wildman–Crippen MR) is 98.5 cm³/mol. The molecule has 3 aromatic rings. The molecule has 10 heteroatoms. The molecular weight excluding hydrogens is 407 g/mol. The third kappa shape index (κ3) is 2.92. The molecule has 0 N–H and O–H groups in total. The van der Waals surface area contributed by atoms with Crippen molar-refractivity contribution in [1.29, 1.82) is 0 Å². The number of benzene rings is 2. The van der Waals surface area contributed by atoms with Crippen molar-refractivity contribution in [3.63, 3.8) is 0 Å². The van der Waals surface area contributed by atoms with Crippen molar-refractivity contribution < 1.29 is 19.2 Å². The molecule has 0 spiro atoms. The van der Waals surface area contributed by atoms with E-state index in [1.54, 1.807) is 37.3 Å². The Kier molecular flexibility index (Phi) is 4.37. The molecule has 0 atom stereocenters. The molecule has 2 amide bonds. The number of imide groups is 1. The highest BCUT2D eigenvalue weighted by Gasteiger charge is 2.39. The van der Waals surface area contributed by atoms with Crippen LogP contribution in [0.25, 0.3) is 5.69 Å². The topological polar surface area (TPSA) is 94.4 Å². The van der Waals surface area contributed by atoms with E-state index in [-0.39, 0.29) is 17.0 Å². The molecule has 1 aliphatic heterocycles. The lowest BCUT2D eigenvalue weighted by Crippen LogP contribution is -2.33. The summed E-state index contributed by atoms with van der Waals surface area (Å²) < 4.78 is 1.31. The van der Waals surface area contributed by atoms with Crippen molar-refractivity contribution >= 4 is 41.0 Å². The van der Waals surface area contributed by atoms with Crippen LogP contribution in [0.2, 0.25) is 10.0 Å². The summed E-state index contributed by atoms with van der Waals surface area (Å²) in [6.45, 7) is 1.60. The Morgan fingerprint density at radius 3 is 2.32 bits per heavy atom. The second-order valence-corrected chi connectivity index (χ2v) is 6.66. The Bertz CT molecular complexity index is 1120. The van der Waals surface area contributed by atoms with Crippen LogP contribution in [-0.2, 0) is 4.84 Å². The van der Waals surface area contributed by atoms with Crippen molar-refractivity contribution in [3.05, 3.63) is 75.3 Å². The molecule has 8 nitrogen and oxygen atoms in total. The monoisotopic (exact) mass is 416 g/mol. The highest BCUT2D eigenvalue weighted by atomic mass is 35.5. The molecule has 1 aliphatic rings. The zero-order valence-corrected chi connectivity index (χ0v) is 15.7. The number of aryl methyl sites for hydroxylation is 1. The molecule has 4 rings (SSSR count). The average molecular weight is 417 g/mol. The first-order chi connectivity index (χ1) is 13.4. The average Bonchev–Trinajstić information content (AvgIpc) is 3.18. The summed E-state index contributed by atoms with van der Waals surface area (Å²) in [4.78, 5) is 46.0. The van der Waals surface area contributed by atoms with Crippen LogP contribution in [0, 0.1) is 6.92 Å². The normalized spacial score (nSPS) is 13.0. The van der Waals surface area contributed by atoms with E-state index in [2.05, 4.69) is 10.1 Å². The summed E-state index contributed by atoms with van der Waals surface area (Å²) in [5.41, 5.74) is 0.723. The minimum Gasteiger partial charge on any atom is -0.321 e. The summed E-state index contributed by atoms with van der Waals surface area (Å²) >= 11 is 12.1. The lowest BCUT2D eigenvalue weighted by Gasteiger charge is -2.10. The Hall–Kier alpha value is -3.23. The van der Waals surface area contributed by atoms with Crippen molar-refractivity contribution in [2.75, 3.05) is 0 Å². The zero-order chi connectivity index (χ0) is 20.0. The van der Waals surface area contributed by atoms with Gasteiger partial charge >= 0.3 is 5.97 Å². The maximum Gasteiger partial charge on any atom is 0.403 e. The number of hydrogen-bond donors (Lipinski definition) is 0. The summed E-state index contributed by atoms with van der Waals surface area (Å²) in [7, 11) is 0. The van der Waals surface area contributed by atoms with Gasteiger partial charge in [0, 0.05) is 5.02 Å². The fourth-order valence-electron chi connectivity index (χ4n) is 2.73. The van der Waals surface area contributed by atoms with Crippen LogP contribution in [0.4, 0.5) is 0 Å². The second kappa shape index (κ2) is 6.74. The number of carbonyl (C=O) groups excluding carboxylic acids is 3. The van der Waals surface area contributed by atoms with Gasteiger partial charge in [-0.05, 0) is 37.3 Å². The Balaban J connectivity index is 1.61. The summed E-state index contributed by atoms with van der Waals surface area (Å²) in [6, 6.07) is 10.9. The molecule has 0 bridgehead atoms. The molecule has 0 saturated carbocycles. The van der Waals surface area contributed by atoms with Gasteiger partial charge in [-0.15, -0.1) is 5.10 Å². The van der Waals surface area contributed by atoms with Crippen LogP contribution >= 0.6 is 23.2 Å². The minimum absolute atomic E-state index is 0.153. The third-order valence-corrected chi connectivity index (χ3v) is 4.57. The van der Waals surface area contributed by atoms with Gasteiger partial charge in [0.1, 0.15) is 5.82 Å². The van der Waals surface area contributed by atoms with E-state index in [1.807, 2.05) is 0 Å². The SMILES string of the molecule is Cc1nc(C(=O)ON2C(=O)c3ccccc3C2=O)nn1-c1cc(Cl)ccc1Cl. The number of carbonyl (C=O) groups is 3. The van der Waals surface area contributed by atoms with E-state index in [1.165, 1.54) is 16.8 Å². The molecule has 2 aromatic carbocycles. The first-order valence-corrected chi connectivity index (χ1v) is 8.71. The predicted octanol–water partition coefficient (Wildman–Crippen LogP) is 3.25. The van der Waals surface area contributed by atoms with E-state index < -0.39 is 17.8 Å². The Morgan fingerprint density at radius 1 is 1.04 bits per heavy atom. The molecule has 2 heterocycles. The number of fused-ring (bicyclic) bond motifs is 1. The molecule has 28 heavy (non-hydrogen) atoms. The molecule has 0 radical (unpaired) electrons. The quantitative estimate of drug-likeness (QED) is 0.608. The lowest BCUT2D eigenvalue weighted by atomic mass is 10.1. The van der Waals surface area contributed by atoms with Gasteiger partial charge in [-0.2, -0.15) is 0 Å². The van der Waals surface area contributed by atoms with Gasteiger partial charge in [-0.1, -0.05) is 40.4 Å². The smallest absolute Gasteiger partial charge is 0.321 e. The van der Waals surface area contributed by atoms with Crippen molar-refractivity contribution in [3.8, 4) is 5.69 Å². The van der Waals surface area contributed by atoms with Gasteiger partial charge in [-0.3, -0.25) is 9.59 Å². The summed E-state index contributed by atoms with van der Waals surface area (Å²) in [5.74, 6) is -2.54. The number of halogens is 2. The number of hydroxylamine groups is 2. The number of rotatable bonds is 3. The van der Waals surface area contributed by atoms with Crippen molar-refractivity contribution in [1.82, 2.24) is 19.8 Å². The van der Waals surface area contributed by atoms with Gasteiger partial charge in [-0.25, -0.2) is 14.5 Å². The van der Waals surface area contributed by atoms with E-state index in [9.17, 15) is 14.4 Å². The highest BCUT2D eigenvalue weighted by Crippen LogP contribution is 2.26. The lowest BCUT2D eigenvalue weighted by molar-refractivity contribution is -0.0592. The summed E-state index contributed by atoms with van der Waals surface area (Å²) in [6.07, 6.45) is 0. The van der Waals surface area contributed by atoms with Gasteiger partial charge < -0.3 is 4.84 Å². The molecule has 0 aliphatic carbocycles. The fourth-order valence-corrected chi connectivity index (χ4v) is 3.09. The van der Waals surface area contributed by atoms with Crippen LogP contribution in [0.1, 0.15) is 37.2 Å². The van der Waals surface area contributed by atoms with E-state index >= 15 is 0 Å². The van der Waals surface area contributed by atoms with Gasteiger partial charge in [0.25, 0.3) is 17.6 Å². The van der Waals surface area contributed by atoms with Crippen LogP contribution in [-0.4, -0.2) is 37.6 Å². The van der Waals surface area contributed by atoms with Crippen molar-refractivity contribution in [2.24, 2.45) is 0 Å². The number of aromatic nitrogens is 3. The van der Waals surface area contributed by atoms with Crippen LogP contribution < -0.4 is 0 Å².